The molecule has 1 aromatic carbocycles. The Morgan fingerprint density at radius 2 is 2.10 bits per heavy atom. The lowest BCUT2D eigenvalue weighted by atomic mass is 9.93. The zero-order valence-electron chi connectivity index (χ0n) is 12.4. The van der Waals surface area contributed by atoms with E-state index in [0.29, 0.717) is 6.42 Å². The molecule has 1 aliphatic rings. The van der Waals surface area contributed by atoms with Gasteiger partial charge in [-0.25, -0.2) is 0 Å². The van der Waals surface area contributed by atoms with E-state index in [1.54, 1.807) is 6.26 Å². The third-order valence-electron chi connectivity index (χ3n) is 4.15. The molecule has 3 nitrogen and oxygen atoms in total. The van der Waals surface area contributed by atoms with Crippen molar-refractivity contribution >= 4 is 5.91 Å². The van der Waals surface area contributed by atoms with Crippen LogP contribution in [0.4, 0.5) is 0 Å². The summed E-state index contributed by atoms with van der Waals surface area (Å²) >= 11 is 0. The van der Waals surface area contributed by atoms with E-state index in [4.69, 9.17) is 4.42 Å². The average Bonchev–Trinajstić information content (AvgIpc) is 2.96. The van der Waals surface area contributed by atoms with Crippen LogP contribution in [0.5, 0.6) is 0 Å². The van der Waals surface area contributed by atoms with Crippen molar-refractivity contribution in [3.05, 3.63) is 59.0 Å². The van der Waals surface area contributed by atoms with E-state index >= 15 is 0 Å². The van der Waals surface area contributed by atoms with Crippen LogP contribution in [0.1, 0.15) is 47.8 Å². The molecule has 1 amide bonds. The first-order valence-corrected chi connectivity index (χ1v) is 7.63. The zero-order valence-corrected chi connectivity index (χ0v) is 12.4. The summed E-state index contributed by atoms with van der Waals surface area (Å²) in [5.41, 5.74) is 3.62. The second-order valence-corrected chi connectivity index (χ2v) is 5.80. The Hall–Kier alpha value is -2.03. The minimum atomic E-state index is 0.120. The highest BCUT2D eigenvalue weighted by atomic mass is 16.3. The van der Waals surface area contributed by atoms with Crippen LogP contribution in [0.2, 0.25) is 0 Å². The number of hydrogen-bond acceptors (Lipinski definition) is 2. The lowest BCUT2D eigenvalue weighted by Gasteiger charge is -2.22. The van der Waals surface area contributed by atoms with Crippen molar-refractivity contribution in [2.75, 3.05) is 0 Å². The van der Waals surface area contributed by atoms with Crippen molar-refractivity contribution in [1.29, 1.82) is 0 Å². The smallest absolute Gasteiger partial charge is 0.220 e. The van der Waals surface area contributed by atoms with Crippen LogP contribution < -0.4 is 5.32 Å². The zero-order chi connectivity index (χ0) is 14.7. The van der Waals surface area contributed by atoms with E-state index in [1.165, 1.54) is 11.1 Å². The molecular formula is C18H21NO2. The SMILES string of the molecule is Cc1ccc(CCC(=O)NC2CCCc3occc32)cc1. The summed E-state index contributed by atoms with van der Waals surface area (Å²) in [4.78, 5) is 12.1. The van der Waals surface area contributed by atoms with Crippen LogP contribution in [0.15, 0.2) is 41.0 Å². The number of carbonyl (C=O) groups excluding carboxylic acids is 1. The Kier molecular flexibility index (Phi) is 4.09. The van der Waals surface area contributed by atoms with E-state index in [-0.39, 0.29) is 11.9 Å². The van der Waals surface area contributed by atoms with Crippen molar-refractivity contribution in [2.45, 2.75) is 45.1 Å². The molecule has 0 saturated heterocycles. The van der Waals surface area contributed by atoms with Crippen LogP contribution in [0.25, 0.3) is 0 Å². The third-order valence-corrected chi connectivity index (χ3v) is 4.15. The van der Waals surface area contributed by atoms with Crippen molar-refractivity contribution < 1.29 is 9.21 Å². The first kappa shape index (κ1) is 13.9. The predicted octanol–water partition coefficient (Wildman–Crippen LogP) is 3.71. The first-order chi connectivity index (χ1) is 10.2. The normalized spacial score (nSPS) is 17.3. The standard InChI is InChI=1S/C18H21NO2/c1-13-5-7-14(8-6-13)9-10-18(20)19-16-3-2-4-17-15(16)11-12-21-17/h5-8,11-12,16H,2-4,9-10H2,1H3,(H,19,20). The quantitative estimate of drug-likeness (QED) is 0.929. The molecule has 1 atom stereocenters. The van der Waals surface area contributed by atoms with Gasteiger partial charge >= 0.3 is 0 Å². The molecule has 0 fully saturated rings. The van der Waals surface area contributed by atoms with E-state index in [0.717, 1.165) is 37.0 Å². The molecule has 2 aromatic rings. The lowest BCUT2D eigenvalue weighted by Crippen LogP contribution is -2.30. The summed E-state index contributed by atoms with van der Waals surface area (Å²) < 4.78 is 5.46. The van der Waals surface area contributed by atoms with Crippen LogP contribution in [-0.4, -0.2) is 5.91 Å². The molecular weight excluding hydrogens is 262 g/mol. The average molecular weight is 283 g/mol. The molecule has 3 heteroatoms. The number of rotatable bonds is 4. The number of amides is 1. The number of aryl methyl sites for hydroxylation is 3. The number of benzene rings is 1. The molecule has 1 heterocycles. The summed E-state index contributed by atoms with van der Waals surface area (Å²) in [5.74, 6) is 1.15. The maximum atomic E-state index is 12.1. The van der Waals surface area contributed by atoms with E-state index in [1.807, 2.05) is 6.07 Å². The van der Waals surface area contributed by atoms with Gasteiger partial charge in [0, 0.05) is 18.4 Å². The largest absolute Gasteiger partial charge is 0.469 e. The second kappa shape index (κ2) is 6.17. The molecule has 3 rings (SSSR count). The van der Waals surface area contributed by atoms with Gasteiger partial charge in [-0.15, -0.1) is 0 Å². The molecule has 0 spiro atoms. The van der Waals surface area contributed by atoms with Crippen LogP contribution in [0, 0.1) is 6.92 Å². The predicted molar refractivity (Wildman–Crippen MR) is 82.0 cm³/mol. The Balaban J connectivity index is 1.54. The first-order valence-electron chi connectivity index (χ1n) is 7.63. The minimum absolute atomic E-state index is 0.120. The molecule has 1 unspecified atom stereocenters. The lowest BCUT2D eigenvalue weighted by molar-refractivity contribution is -0.121. The molecule has 0 saturated carbocycles. The summed E-state index contributed by atoms with van der Waals surface area (Å²) in [6.07, 6.45) is 6.11. The monoisotopic (exact) mass is 283 g/mol. The fourth-order valence-corrected chi connectivity index (χ4v) is 2.92. The van der Waals surface area contributed by atoms with Crippen molar-refractivity contribution in [1.82, 2.24) is 5.32 Å². The molecule has 1 aliphatic carbocycles. The summed E-state index contributed by atoms with van der Waals surface area (Å²) in [6, 6.07) is 10.5. The third kappa shape index (κ3) is 3.35. The Morgan fingerprint density at radius 3 is 2.90 bits per heavy atom. The highest BCUT2D eigenvalue weighted by Gasteiger charge is 2.23. The molecule has 0 radical (unpaired) electrons. The van der Waals surface area contributed by atoms with Crippen molar-refractivity contribution in [2.24, 2.45) is 0 Å². The highest BCUT2D eigenvalue weighted by Crippen LogP contribution is 2.30. The van der Waals surface area contributed by atoms with Gasteiger partial charge in [0.05, 0.1) is 12.3 Å². The fourth-order valence-electron chi connectivity index (χ4n) is 2.92. The molecule has 0 aliphatic heterocycles. The van der Waals surface area contributed by atoms with Gasteiger partial charge in [-0.3, -0.25) is 4.79 Å². The van der Waals surface area contributed by atoms with Gasteiger partial charge in [0.15, 0.2) is 0 Å². The Labute approximate surface area is 125 Å². The van der Waals surface area contributed by atoms with Gasteiger partial charge in [-0.2, -0.15) is 0 Å². The van der Waals surface area contributed by atoms with Crippen LogP contribution in [0.3, 0.4) is 0 Å². The van der Waals surface area contributed by atoms with E-state index in [9.17, 15) is 4.79 Å². The highest BCUT2D eigenvalue weighted by molar-refractivity contribution is 5.76. The molecule has 110 valence electrons. The Bertz CT molecular complexity index is 612. The number of carbonyl (C=O) groups is 1. The van der Waals surface area contributed by atoms with Gasteiger partial charge in [0.2, 0.25) is 5.91 Å². The maximum absolute atomic E-state index is 12.1. The molecule has 0 bridgehead atoms. The van der Waals surface area contributed by atoms with E-state index < -0.39 is 0 Å². The summed E-state index contributed by atoms with van der Waals surface area (Å²) in [5, 5.41) is 3.14. The Morgan fingerprint density at radius 1 is 1.29 bits per heavy atom. The van der Waals surface area contributed by atoms with Gasteiger partial charge in [-0.1, -0.05) is 29.8 Å². The second-order valence-electron chi connectivity index (χ2n) is 5.80. The fraction of sp³-hybridized carbons (Fsp3) is 0.389. The van der Waals surface area contributed by atoms with Crippen LogP contribution in [-0.2, 0) is 17.6 Å². The maximum Gasteiger partial charge on any atom is 0.220 e. The van der Waals surface area contributed by atoms with Gasteiger partial charge < -0.3 is 9.73 Å². The number of hydrogen-bond donors (Lipinski definition) is 1. The topological polar surface area (TPSA) is 42.2 Å². The van der Waals surface area contributed by atoms with Crippen molar-refractivity contribution in [3.63, 3.8) is 0 Å². The molecule has 1 aromatic heterocycles. The molecule has 1 N–H and O–H groups in total. The number of fused-ring (bicyclic) bond motifs is 1. The minimum Gasteiger partial charge on any atom is -0.469 e. The molecule has 21 heavy (non-hydrogen) atoms. The number of nitrogens with one attached hydrogen (secondary N) is 1. The summed E-state index contributed by atoms with van der Waals surface area (Å²) in [6.45, 7) is 2.07. The van der Waals surface area contributed by atoms with Gasteiger partial charge in [-0.05, 0) is 37.8 Å². The van der Waals surface area contributed by atoms with Gasteiger partial charge in [0.25, 0.3) is 0 Å². The van der Waals surface area contributed by atoms with Crippen molar-refractivity contribution in [3.8, 4) is 0 Å². The van der Waals surface area contributed by atoms with Crippen LogP contribution >= 0.6 is 0 Å². The van der Waals surface area contributed by atoms with E-state index in [2.05, 4.69) is 36.5 Å². The number of furan rings is 1. The summed E-state index contributed by atoms with van der Waals surface area (Å²) in [7, 11) is 0. The van der Waals surface area contributed by atoms with Gasteiger partial charge in [0.1, 0.15) is 5.76 Å².